The molecule has 3 heteroatoms. The monoisotopic (exact) mass is 209 g/mol. The van der Waals surface area contributed by atoms with Gasteiger partial charge in [-0.2, -0.15) is 5.26 Å². The van der Waals surface area contributed by atoms with Crippen molar-refractivity contribution in [2.45, 2.75) is 38.6 Å². The predicted molar refractivity (Wildman–Crippen MR) is 62.6 cm³/mol. The number of nitriles is 1. The number of likely N-dealkylation sites (N-methyl/N-ethyl adjacent to an activating group) is 1. The van der Waals surface area contributed by atoms with Crippen LogP contribution in [0.5, 0.6) is 0 Å². The zero-order chi connectivity index (χ0) is 11.1. The Morgan fingerprint density at radius 3 is 2.87 bits per heavy atom. The van der Waals surface area contributed by atoms with Crippen LogP contribution in [0.25, 0.3) is 0 Å². The fraction of sp³-hybridized carbons (Fsp3) is 0.917. The minimum atomic E-state index is 0.691. The summed E-state index contributed by atoms with van der Waals surface area (Å²) >= 11 is 0. The molecular weight excluding hydrogens is 186 g/mol. The van der Waals surface area contributed by atoms with Gasteiger partial charge in [0.2, 0.25) is 0 Å². The number of hydrogen-bond donors (Lipinski definition) is 0. The van der Waals surface area contributed by atoms with Crippen LogP contribution in [0.4, 0.5) is 0 Å². The molecule has 3 nitrogen and oxygen atoms in total. The molecule has 86 valence electrons. The maximum absolute atomic E-state index is 8.54. The molecule has 0 aromatic heterocycles. The molecule has 0 aromatic carbocycles. The maximum Gasteiger partial charge on any atom is 0.0622 e. The summed E-state index contributed by atoms with van der Waals surface area (Å²) < 4.78 is 0. The molecule has 1 unspecified atom stereocenters. The molecule has 1 heterocycles. The standard InChI is InChI=1S/C12H23N3/c1-3-12-11-14(2)8-6-10-15(12)9-5-4-7-13/h12H,3-6,8-11H2,1-2H3. The average molecular weight is 209 g/mol. The number of hydrogen-bond acceptors (Lipinski definition) is 3. The third-order valence-electron chi connectivity index (χ3n) is 3.23. The Bertz CT molecular complexity index is 209. The van der Waals surface area contributed by atoms with Crippen LogP contribution in [0.2, 0.25) is 0 Å². The van der Waals surface area contributed by atoms with Gasteiger partial charge < -0.3 is 4.90 Å². The number of nitrogens with zero attached hydrogens (tertiary/aromatic N) is 3. The SMILES string of the molecule is CCC1CN(C)CCCN1CCCC#N. The Morgan fingerprint density at radius 2 is 2.20 bits per heavy atom. The molecule has 1 aliphatic rings. The minimum absolute atomic E-state index is 0.691. The number of rotatable bonds is 4. The highest BCUT2D eigenvalue weighted by molar-refractivity contribution is 4.79. The van der Waals surface area contributed by atoms with Crippen molar-refractivity contribution >= 4 is 0 Å². The molecule has 1 atom stereocenters. The molecule has 0 radical (unpaired) electrons. The largest absolute Gasteiger partial charge is 0.305 e. The first-order valence-electron chi connectivity index (χ1n) is 6.07. The van der Waals surface area contributed by atoms with Crippen LogP contribution in [0.1, 0.15) is 32.6 Å². The van der Waals surface area contributed by atoms with Gasteiger partial charge in [-0.25, -0.2) is 0 Å². The summed E-state index contributed by atoms with van der Waals surface area (Å²) in [5, 5.41) is 8.54. The summed E-state index contributed by atoms with van der Waals surface area (Å²) in [4.78, 5) is 5.00. The molecule has 0 bridgehead atoms. The van der Waals surface area contributed by atoms with E-state index in [0.717, 1.165) is 13.0 Å². The third-order valence-corrected chi connectivity index (χ3v) is 3.23. The van der Waals surface area contributed by atoms with Crippen LogP contribution in [0, 0.1) is 11.3 Å². The normalized spacial score (nSPS) is 24.7. The van der Waals surface area contributed by atoms with Crippen molar-refractivity contribution < 1.29 is 0 Å². The smallest absolute Gasteiger partial charge is 0.0622 e. The molecule has 1 aliphatic heterocycles. The molecule has 0 amide bonds. The molecule has 0 saturated carbocycles. The molecule has 1 saturated heterocycles. The lowest BCUT2D eigenvalue weighted by Gasteiger charge is -2.29. The molecule has 1 fully saturated rings. The zero-order valence-corrected chi connectivity index (χ0v) is 10.1. The molecule has 0 spiro atoms. The minimum Gasteiger partial charge on any atom is -0.305 e. The van der Waals surface area contributed by atoms with Crippen molar-refractivity contribution in [3.8, 4) is 6.07 Å². The van der Waals surface area contributed by atoms with E-state index in [9.17, 15) is 0 Å². The first-order chi connectivity index (χ1) is 7.27. The van der Waals surface area contributed by atoms with Crippen molar-refractivity contribution in [2.75, 3.05) is 33.2 Å². The summed E-state index contributed by atoms with van der Waals surface area (Å²) in [5.41, 5.74) is 0. The Morgan fingerprint density at radius 1 is 1.40 bits per heavy atom. The van der Waals surface area contributed by atoms with E-state index in [1.54, 1.807) is 0 Å². The lowest BCUT2D eigenvalue weighted by Crippen LogP contribution is -2.40. The molecule has 1 rings (SSSR count). The van der Waals surface area contributed by atoms with E-state index in [4.69, 9.17) is 5.26 Å². The second kappa shape index (κ2) is 6.81. The highest BCUT2D eigenvalue weighted by Crippen LogP contribution is 2.12. The third kappa shape index (κ3) is 4.19. The second-order valence-electron chi connectivity index (χ2n) is 4.48. The van der Waals surface area contributed by atoms with Gasteiger partial charge in [0.05, 0.1) is 6.07 Å². The Labute approximate surface area is 93.7 Å². The van der Waals surface area contributed by atoms with Gasteiger partial charge in [0.15, 0.2) is 0 Å². The molecule has 15 heavy (non-hydrogen) atoms. The summed E-state index contributed by atoms with van der Waals surface area (Å²) in [6.45, 7) is 6.96. The lowest BCUT2D eigenvalue weighted by molar-refractivity contribution is 0.182. The van der Waals surface area contributed by atoms with Crippen LogP contribution in [-0.2, 0) is 0 Å². The van der Waals surface area contributed by atoms with E-state index in [0.29, 0.717) is 12.5 Å². The van der Waals surface area contributed by atoms with Crippen LogP contribution in [0.3, 0.4) is 0 Å². The second-order valence-corrected chi connectivity index (χ2v) is 4.48. The van der Waals surface area contributed by atoms with E-state index in [-0.39, 0.29) is 0 Å². The van der Waals surface area contributed by atoms with Crippen molar-refractivity contribution in [1.82, 2.24) is 9.80 Å². The van der Waals surface area contributed by atoms with E-state index in [1.165, 1.54) is 32.5 Å². The summed E-state index contributed by atoms with van der Waals surface area (Å²) in [6.07, 6.45) is 4.20. The van der Waals surface area contributed by atoms with Crippen LogP contribution < -0.4 is 0 Å². The molecule has 0 N–H and O–H groups in total. The molecule has 0 aliphatic carbocycles. The van der Waals surface area contributed by atoms with Crippen molar-refractivity contribution in [1.29, 1.82) is 5.26 Å². The fourth-order valence-electron chi connectivity index (χ4n) is 2.34. The van der Waals surface area contributed by atoms with Gasteiger partial charge in [-0.3, -0.25) is 4.90 Å². The van der Waals surface area contributed by atoms with Crippen molar-refractivity contribution in [3.05, 3.63) is 0 Å². The van der Waals surface area contributed by atoms with Gasteiger partial charge in [0.1, 0.15) is 0 Å². The van der Waals surface area contributed by atoms with E-state index in [2.05, 4.69) is 29.8 Å². The van der Waals surface area contributed by atoms with Crippen molar-refractivity contribution in [2.24, 2.45) is 0 Å². The van der Waals surface area contributed by atoms with Crippen LogP contribution >= 0.6 is 0 Å². The van der Waals surface area contributed by atoms with Crippen LogP contribution in [-0.4, -0.2) is 49.1 Å². The topological polar surface area (TPSA) is 30.3 Å². The lowest BCUT2D eigenvalue weighted by atomic mass is 10.1. The first kappa shape index (κ1) is 12.5. The summed E-state index contributed by atoms with van der Waals surface area (Å²) in [7, 11) is 2.21. The van der Waals surface area contributed by atoms with Crippen LogP contribution in [0.15, 0.2) is 0 Å². The van der Waals surface area contributed by atoms with Gasteiger partial charge >= 0.3 is 0 Å². The zero-order valence-electron chi connectivity index (χ0n) is 10.1. The predicted octanol–water partition coefficient (Wildman–Crippen LogP) is 1.71. The summed E-state index contributed by atoms with van der Waals surface area (Å²) in [5.74, 6) is 0. The van der Waals surface area contributed by atoms with Crippen molar-refractivity contribution in [3.63, 3.8) is 0 Å². The molecular formula is C12H23N3. The average Bonchev–Trinajstić information content (AvgIpc) is 2.41. The highest BCUT2D eigenvalue weighted by atomic mass is 15.2. The summed E-state index contributed by atoms with van der Waals surface area (Å²) in [6, 6.07) is 2.92. The Hall–Kier alpha value is -0.590. The molecule has 0 aromatic rings. The van der Waals surface area contributed by atoms with E-state index < -0.39 is 0 Å². The van der Waals surface area contributed by atoms with E-state index >= 15 is 0 Å². The van der Waals surface area contributed by atoms with Gasteiger partial charge in [-0.05, 0) is 45.9 Å². The Balaban J connectivity index is 2.41. The van der Waals surface area contributed by atoms with Gasteiger partial charge in [-0.15, -0.1) is 0 Å². The first-order valence-corrected chi connectivity index (χ1v) is 6.07. The fourth-order valence-corrected chi connectivity index (χ4v) is 2.34. The maximum atomic E-state index is 8.54. The number of unbranched alkanes of at least 4 members (excludes halogenated alkanes) is 1. The van der Waals surface area contributed by atoms with E-state index in [1.807, 2.05) is 0 Å². The Kier molecular flexibility index (Phi) is 5.67. The van der Waals surface area contributed by atoms with Gasteiger partial charge in [0, 0.05) is 19.0 Å². The quantitative estimate of drug-likeness (QED) is 0.660. The van der Waals surface area contributed by atoms with Gasteiger partial charge in [-0.1, -0.05) is 6.92 Å². The van der Waals surface area contributed by atoms with Gasteiger partial charge in [0.25, 0.3) is 0 Å². The highest BCUT2D eigenvalue weighted by Gasteiger charge is 2.20.